The summed E-state index contributed by atoms with van der Waals surface area (Å²) in [7, 11) is 3.38. The van der Waals surface area contributed by atoms with Gasteiger partial charge in [0.15, 0.2) is 11.5 Å². The Morgan fingerprint density at radius 1 is 1.09 bits per heavy atom. The molecule has 0 aliphatic carbocycles. The number of likely N-dealkylation sites (N-methyl/N-ethyl adjacent to an activating group) is 1. The average molecular weight is 469 g/mol. The van der Waals surface area contributed by atoms with Gasteiger partial charge in [0, 0.05) is 32.1 Å². The van der Waals surface area contributed by atoms with Gasteiger partial charge in [0.2, 0.25) is 5.91 Å². The Morgan fingerprint density at radius 3 is 2.41 bits per heavy atom. The second-order valence-corrected chi connectivity index (χ2v) is 8.84. The number of carbonyl (C=O) groups excluding carboxylic acids is 1. The van der Waals surface area contributed by atoms with Crippen LogP contribution in [-0.4, -0.2) is 73.8 Å². The highest BCUT2D eigenvalue weighted by molar-refractivity contribution is 5.79. The first-order valence-corrected chi connectivity index (χ1v) is 11.7. The first-order chi connectivity index (χ1) is 16.4. The lowest BCUT2D eigenvalue weighted by molar-refractivity contribution is -0.143. The van der Waals surface area contributed by atoms with Crippen LogP contribution in [0.2, 0.25) is 0 Å². The standard InChI is InChI=1S/C26H32N2O6/c1-4-11-27(2)23(29)16-28-15-20(18-7-10-21-22(14-18)34-13-12-33-21)24(26(30)31)25(28)17-5-8-19(32-3)9-6-17/h5-10,14,20,24-25H,4,11-13,15-16H2,1-3H3,(H,30,31)/t20-,24-,25+/m1/s1. The number of rotatable bonds is 8. The summed E-state index contributed by atoms with van der Waals surface area (Å²) in [5.41, 5.74) is 1.71. The van der Waals surface area contributed by atoms with Crippen molar-refractivity contribution < 1.29 is 28.9 Å². The van der Waals surface area contributed by atoms with E-state index in [1.165, 1.54) is 0 Å². The molecule has 34 heavy (non-hydrogen) atoms. The van der Waals surface area contributed by atoms with Gasteiger partial charge in [-0.2, -0.15) is 0 Å². The molecule has 8 heteroatoms. The van der Waals surface area contributed by atoms with Crippen LogP contribution < -0.4 is 14.2 Å². The van der Waals surface area contributed by atoms with Gasteiger partial charge in [-0.05, 0) is 41.8 Å². The first-order valence-electron chi connectivity index (χ1n) is 11.7. The van der Waals surface area contributed by atoms with Gasteiger partial charge in [0.25, 0.3) is 0 Å². The van der Waals surface area contributed by atoms with E-state index < -0.39 is 17.9 Å². The molecule has 0 bridgehead atoms. The van der Waals surface area contributed by atoms with Crippen LogP contribution in [0.4, 0.5) is 0 Å². The minimum Gasteiger partial charge on any atom is -0.497 e. The van der Waals surface area contributed by atoms with Crippen LogP contribution in [0.1, 0.15) is 36.4 Å². The SMILES string of the molecule is CCCN(C)C(=O)CN1C[C@H](c2ccc3c(c2)OCCO3)[C@@H](C(=O)O)[C@@H]1c1ccc(OC)cc1. The van der Waals surface area contributed by atoms with Gasteiger partial charge >= 0.3 is 5.97 Å². The number of benzene rings is 2. The second kappa shape index (κ2) is 10.3. The highest BCUT2D eigenvalue weighted by atomic mass is 16.6. The summed E-state index contributed by atoms with van der Waals surface area (Å²) in [6.07, 6.45) is 0.863. The van der Waals surface area contributed by atoms with Crippen molar-refractivity contribution in [2.75, 3.05) is 47.0 Å². The molecule has 182 valence electrons. The van der Waals surface area contributed by atoms with Gasteiger partial charge in [-0.1, -0.05) is 25.1 Å². The van der Waals surface area contributed by atoms with Crippen molar-refractivity contribution in [3.63, 3.8) is 0 Å². The summed E-state index contributed by atoms with van der Waals surface area (Å²) in [5, 5.41) is 10.4. The highest BCUT2D eigenvalue weighted by Crippen LogP contribution is 2.47. The Labute approximate surface area is 200 Å². The van der Waals surface area contributed by atoms with Gasteiger partial charge in [-0.3, -0.25) is 14.5 Å². The average Bonchev–Trinajstić information content (AvgIpc) is 3.23. The molecule has 0 saturated carbocycles. The summed E-state index contributed by atoms with van der Waals surface area (Å²) in [6.45, 7) is 4.24. The van der Waals surface area contributed by atoms with Crippen LogP contribution in [0, 0.1) is 5.92 Å². The number of likely N-dealkylation sites (tertiary alicyclic amines) is 1. The summed E-state index contributed by atoms with van der Waals surface area (Å²) in [6, 6.07) is 12.6. The van der Waals surface area contributed by atoms with Gasteiger partial charge in [-0.25, -0.2) is 0 Å². The van der Waals surface area contributed by atoms with E-state index >= 15 is 0 Å². The Hall–Kier alpha value is -3.26. The van der Waals surface area contributed by atoms with Crippen LogP contribution in [-0.2, 0) is 9.59 Å². The molecule has 2 aliphatic rings. The molecule has 2 aliphatic heterocycles. The van der Waals surface area contributed by atoms with Crippen molar-refractivity contribution in [1.82, 2.24) is 9.80 Å². The van der Waals surface area contributed by atoms with Crippen LogP contribution in [0.15, 0.2) is 42.5 Å². The molecule has 0 aromatic heterocycles. The van der Waals surface area contributed by atoms with Crippen molar-refractivity contribution in [3.05, 3.63) is 53.6 Å². The van der Waals surface area contributed by atoms with E-state index in [2.05, 4.69) is 0 Å². The number of carboxylic acid groups (broad SMARTS) is 1. The Bertz CT molecular complexity index is 1020. The molecule has 8 nitrogen and oxygen atoms in total. The second-order valence-electron chi connectivity index (χ2n) is 8.84. The topological polar surface area (TPSA) is 88.5 Å². The molecule has 0 unspecified atom stereocenters. The number of carbonyl (C=O) groups is 2. The third-order valence-electron chi connectivity index (χ3n) is 6.66. The molecule has 1 fully saturated rings. The van der Waals surface area contributed by atoms with Gasteiger partial charge < -0.3 is 24.2 Å². The van der Waals surface area contributed by atoms with Crippen molar-refractivity contribution in [2.24, 2.45) is 5.92 Å². The number of carboxylic acids is 1. The van der Waals surface area contributed by atoms with E-state index in [1.54, 1.807) is 19.1 Å². The summed E-state index contributed by atoms with van der Waals surface area (Å²) in [5.74, 6) is 0.0306. The van der Waals surface area contributed by atoms with Crippen LogP contribution in [0.5, 0.6) is 17.2 Å². The predicted molar refractivity (Wildman–Crippen MR) is 127 cm³/mol. The lowest BCUT2D eigenvalue weighted by Gasteiger charge is -2.28. The number of amides is 1. The fourth-order valence-electron chi connectivity index (χ4n) is 4.97. The van der Waals surface area contributed by atoms with Gasteiger partial charge in [0.1, 0.15) is 19.0 Å². The Morgan fingerprint density at radius 2 is 1.76 bits per heavy atom. The monoisotopic (exact) mass is 468 g/mol. The van der Waals surface area contributed by atoms with Crippen molar-refractivity contribution in [3.8, 4) is 17.2 Å². The zero-order valence-electron chi connectivity index (χ0n) is 19.9. The quantitative estimate of drug-likeness (QED) is 0.637. The molecule has 2 aromatic carbocycles. The van der Waals surface area contributed by atoms with Crippen LogP contribution in [0.25, 0.3) is 0 Å². The molecule has 1 N–H and O–H groups in total. The number of hydrogen-bond donors (Lipinski definition) is 1. The third kappa shape index (κ3) is 4.82. The lowest BCUT2D eigenvalue weighted by atomic mass is 9.82. The van der Waals surface area contributed by atoms with Crippen LogP contribution in [0.3, 0.4) is 0 Å². The number of aliphatic carboxylic acids is 1. The van der Waals surface area contributed by atoms with Crippen molar-refractivity contribution >= 4 is 11.9 Å². The Kier molecular flexibility index (Phi) is 7.26. The maximum absolute atomic E-state index is 13.0. The van der Waals surface area contributed by atoms with Gasteiger partial charge in [-0.15, -0.1) is 0 Å². The van der Waals surface area contributed by atoms with E-state index in [9.17, 15) is 14.7 Å². The molecule has 1 amide bonds. The fraction of sp³-hybridized carbons (Fsp3) is 0.462. The molecule has 2 heterocycles. The van der Waals surface area contributed by atoms with E-state index in [4.69, 9.17) is 14.2 Å². The number of hydrogen-bond acceptors (Lipinski definition) is 6. The van der Waals surface area contributed by atoms with Crippen molar-refractivity contribution in [2.45, 2.75) is 25.3 Å². The first kappa shape index (κ1) is 23.9. The number of ether oxygens (including phenoxy) is 3. The smallest absolute Gasteiger partial charge is 0.309 e. The third-order valence-corrected chi connectivity index (χ3v) is 6.66. The molecule has 2 aromatic rings. The van der Waals surface area contributed by atoms with E-state index in [0.29, 0.717) is 43.6 Å². The number of fused-ring (bicyclic) bond motifs is 1. The molecular weight excluding hydrogens is 436 g/mol. The minimum absolute atomic E-state index is 0.0210. The predicted octanol–water partition coefficient (Wildman–Crippen LogP) is 3.18. The Balaban J connectivity index is 1.71. The lowest BCUT2D eigenvalue weighted by Crippen LogP contribution is -2.39. The molecule has 0 radical (unpaired) electrons. The van der Waals surface area contributed by atoms with Crippen LogP contribution >= 0.6 is 0 Å². The molecule has 1 saturated heterocycles. The van der Waals surface area contributed by atoms with E-state index in [1.807, 2.05) is 54.3 Å². The van der Waals surface area contributed by atoms with E-state index in [-0.39, 0.29) is 18.4 Å². The highest BCUT2D eigenvalue weighted by Gasteiger charge is 2.48. The zero-order valence-corrected chi connectivity index (χ0v) is 19.9. The zero-order chi connectivity index (χ0) is 24.2. The maximum atomic E-state index is 13.0. The number of methoxy groups -OCH3 is 1. The largest absolute Gasteiger partial charge is 0.497 e. The molecular formula is C26H32N2O6. The molecule has 0 spiro atoms. The normalized spacial score (nSPS) is 21.8. The summed E-state index contributed by atoms with van der Waals surface area (Å²) < 4.78 is 16.7. The van der Waals surface area contributed by atoms with Crippen molar-refractivity contribution in [1.29, 1.82) is 0 Å². The molecule has 4 rings (SSSR count). The molecule has 3 atom stereocenters. The number of nitrogens with zero attached hydrogens (tertiary/aromatic N) is 2. The van der Waals surface area contributed by atoms with Gasteiger partial charge in [0.05, 0.1) is 19.6 Å². The minimum atomic E-state index is -0.891. The van der Waals surface area contributed by atoms with E-state index in [0.717, 1.165) is 17.5 Å². The summed E-state index contributed by atoms with van der Waals surface area (Å²) in [4.78, 5) is 29.3. The maximum Gasteiger partial charge on any atom is 0.309 e. The fourth-order valence-corrected chi connectivity index (χ4v) is 4.97. The summed E-state index contributed by atoms with van der Waals surface area (Å²) >= 11 is 0.